The van der Waals surface area contributed by atoms with Crippen molar-refractivity contribution < 1.29 is 30.8 Å². The quantitative estimate of drug-likeness (QED) is 0.529. The van der Waals surface area contributed by atoms with Gasteiger partial charge in [0.15, 0.2) is 0 Å². The molecule has 4 rings (SSSR count). The van der Waals surface area contributed by atoms with E-state index in [0.29, 0.717) is 11.8 Å². The normalized spacial score (nSPS) is 15.5. The average Bonchev–Trinajstić information content (AvgIpc) is 3.31. The summed E-state index contributed by atoms with van der Waals surface area (Å²) < 4.78 is 73.3. The molecule has 1 saturated heterocycles. The predicted molar refractivity (Wildman–Crippen MR) is 114 cm³/mol. The molecule has 2 aromatic carbocycles. The number of piperidine rings is 1. The third kappa shape index (κ3) is 4.96. The van der Waals surface area contributed by atoms with Gasteiger partial charge in [-0.3, -0.25) is 4.79 Å². The van der Waals surface area contributed by atoms with E-state index >= 15 is 0 Å². The van der Waals surface area contributed by atoms with E-state index in [1.54, 1.807) is 12.1 Å². The van der Waals surface area contributed by atoms with Gasteiger partial charge in [-0.1, -0.05) is 0 Å². The highest BCUT2D eigenvalue weighted by Crippen LogP contribution is 2.29. The number of hydrogen-bond donors (Lipinski definition) is 0. The SMILES string of the molecule is O=C(C1CCN(S(=O)(=O)c2ccc(F)cc2)CC1)N(Cc1ccco1)c1ccc(F)cc1F. The molecule has 6 nitrogen and oxygen atoms in total. The minimum absolute atomic E-state index is 0.0264. The van der Waals surface area contributed by atoms with Crippen molar-refractivity contribution in [3.05, 3.63) is 84.1 Å². The van der Waals surface area contributed by atoms with Crippen LogP contribution in [0.25, 0.3) is 0 Å². The molecule has 2 heterocycles. The van der Waals surface area contributed by atoms with Crippen LogP contribution in [0.3, 0.4) is 0 Å². The van der Waals surface area contributed by atoms with Gasteiger partial charge in [0, 0.05) is 25.1 Å². The van der Waals surface area contributed by atoms with Gasteiger partial charge in [-0.25, -0.2) is 21.6 Å². The van der Waals surface area contributed by atoms with Crippen molar-refractivity contribution >= 4 is 21.6 Å². The smallest absolute Gasteiger partial charge is 0.243 e. The van der Waals surface area contributed by atoms with Crippen molar-refractivity contribution in [2.24, 2.45) is 5.92 Å². The molecule has 3 aromatic rings. The van der Waals surface area contributed by atoms with Crippen molar-refractivity contribution in [1.29, 1.82) is 0 Å². The molecule has 0 bridgehead atoms. The van der Waals surface area contributed by atoms with Crippen LogP contribution in [0.1, 0.15) is 18.6 Å². The van der Waals surface area contributed by atoms with Gasteiger partial charge in [0.25, 0.3) is 0 Å². The maximum absolute atomic E-state index is 14.5. The van der Waals surface area contributed by atoms with Crippen LogP contribution in [0.2, 0.25) is 0 Å². The minimum Gasteiger partial charge on any atom is -0.467 e. The number of nitrogens with zero attached hydrogens (tertiary/aromatic N) is 2. The Kier molecular flexibility index (Phi) is 6.57. The van der Waals surface area contributed by atoms with E-state index in [1.165, 1.54) is 33.7 Å². The Morgan fingerprint density at radius 2 is 1.67 bits per heavy atom. The summed E-state index contributed by atoms with van der Waals surface area (Å²) in [6.07, 6.45) is 1.87. The van der Waals surface area contributed by atoms with Gasteiger partial charge in [-0.2, -0.15) is 4.31 Å². The summed E-state index contributed by atoms with van der Waals surface area (Å²) in [5.41, 5.74) is -0.0841. The number of furan rings is 1. The summed E-state index contributed by atoms with van der Waals surface area (Å²) in [6, 6.07) is 10.8. The van der Waals surface area contributed by atoms with E-state index < -0.39 is 39.3 Å². The maximum Gasteiger partial charge on any atom is 0.243 e. The molecule has 1 amide bonds. The lowest BCUT2D eigenvalue weighted by molar-refractivity contribution is -0.123. The van der Waals surface area contributed by atoms with Crippen molar-refractivity contribution in [3.63, 3.8) is 0 Å². The van der Waals surface area contributed by atoms with Crippen molar-refractivity contribution in [1.82, 2.24) is 4.31 Å². The molecule has 0 spiro atoms. The number of sulfonamides is 1. The summed E-state index contributed by atoms with van der Waals surface area (Å²) in [4.78, 5) is 14.5. The van der Waals surface area contributed by atoms with Crippen LogP contribution in [0.4, 0.5) is 18.9 Å². The van der Waals surface area contributed by atoms with Crippen LogP contribution >= 0.6 is 0 Å². The van der Waals surface area contributed by atoms with E-state index in [9.17, 15) is 26.4 Å². The third-order valence-corrected chi connectivity index (χ3v) is 7.53. The summed E-state index contributed by atoms with van der Waals surface area (Å²) in [5.74, 6) is -2.74. The summed E-state index contributed by atoms with van der Waals surface area (Å²) in [5, 5.41) is 0. The minimum atomic E-state index is -3.83. The zero-order valence-electron chi connectivity index (χ0n) is 17.5. The molecule has 0 aliphatic carbocycles. The molecular formula is C23H21F3N2O4S. The van der Waals surface area contributed by atoms with Crippen LogP contribution in [-0.2, 0) is 21.4 Å². The third-order valence-electron chi connectivity index (χ3n) is 5.62. The van der Waals surface area contributed by atoms with E-state index in [2.05, 4.69) is 0 Å². The van der Waals surface area contributed by atoms with E-state index in [0.717, 1.165) is 18.2 Å². The molecule has 1 aliphatic rings. The van der Waals surface area contributed by atoms with Crippen molar-refractivity contribution in [2.75, 3.05) is 18.0 Å². The summed E-state index contributed by atoms with van der Waals surface area (Å²) >= 11 is 0. The highest BCUT2D eigenvalue weighted by atomic mass is 32.2. The molecule has 0 N–H and O–H groups in total. The number of amides is 1. The Balaban J connectivity index is 1.51. The average molecular weight is 478 g/mol. The number of carbonyl (C=O) groups is 1. The highest BCUT2D eigenvalue weighted by molar-refractivity contribution is 7.89. The zero-order chi connectivity index (χ0) is 23.6. The van der Waals surface area contributed by atoms with E-state index in [-0.39, 0.29) is 43.1 Å². The fourth-order valence-corrected chi connectivity index (χ4v) is 5.33. The second kappa shape index (κ2) is 9.40. The monoisotopic (exact) mass is 478 g/mol. The first-order chi connectivity index (χ1) is 15.8. The number of halogens is 3. The second-order valence-corrected chi connectivity index (χ2v) is 9.67. The van der Waals surface area contributed by atoms with Crippen LogP contribution in [-0.4, -0.2) is 31.7 Å². The number of benzene rings is 2. The Labute approximate surface area is 189 Å². The van der Waals surface area contributed by atoms with E-state index in [4.69, 9.17) is 4.42 Å². The Morgan fingerprint density at radius 3 is 2.27 bits per heavy atom. The largest absolute Gasteiger partial charge is 0.467 e. The van der Waals surface area contributed by atoms with Crippen LogP contribution in [0.15, 0.2) is 70.2 Å². The molecule has 0 unspecified atom stereocenters. The van der Waals surface area contributed by atoms with E-state index in [1.807, 2.05) is 0 Å². The Hall–Kier alpha value is -3.11. The summed E-state index contributed by atoms with van der Waals surface area (Å²) in [7, 11) is -3.83. The number of carbonyl (C=O) groups excluding carboxylic acids is 1. The highest BCUT2D eigenvalue weighted by Gasteiger charge is 2.35. The molecule has 1 aliphatic heterocycles. The van der Waals surface area contributed by atoms with Crippen LogP contribution < -0.4 is 4.90 Å². The second-order valence-electron chi connectivity index (χ2n) is 7.73. The fraction of sp³-hybridized carbons (Fsp3) is 0.261. The van der Waals surface area contributed by atoms with Gasteiger partial charge in [0.1, 0.15) is 23.2 Å². The van der Waals surface area contributed by atoms with Gasteiger partial charge in [-0.05, 0) is 61.4 Å². The van der Waals surface area contributed by atoms with Gasteiger partial charge in [0.05, 0.1) is 23.4 Å². The lowest BCUT2D eigenvalue weighted by Gasteiger charge is -2.33. The molecule has 0 radical (unpaired) electrons. The van der Waals surface area contributed by atoms with Crippen molar-refractivity contribution in [3.8, 4) is 0 Å². The lowest BCUT2D eigenvalue weighted by Crippen LogP contribution is -2.44. The van der Waals surface area contributed by atoms with Gasteiger partial charge >= 0.3 is 0 Å². The molecule has 174 valence electrons. The number of anilines is 1. The lowest BCUT2D eigenvalue weighted by atomic mass is 9.96. The first-order valence-electron chi connectivity index (χ1n) is 10.3. The molecule has 33 heavy (non-hydrogen) atoms. The van der Waals surface area contributed by atoms with Crippen LogP contribution in [0.5, 0.6) is 0 Å². The predicted octanol–water partition coefficient (Wildman–Crippen LogP) is 4.33. The molecule has 0 atom stereocenters. The molecule has 10 heteroatoms. The molecule has 0 saturated carbocycles. The Morgan fingerprint density at radius 1 is 1.00 bits per heavy atom. The zero-order valence-corrected chi connectivity index (χ0v) is 18.3. The fourth-order valence-electron chi connectivity index (χ4n) is 3.86. The van der Waals surface area contributed by atoms with Gasteiger partial charge < -0.3 is 9.32 Å². The maximum atomic E-state index is 14.5. The summed E-state index contributed by atoms with van der Waals surface area (Å²) in [6.45, 7) is 0.107. The topological polar surface area (TPSA) is 70.8 Å². The first kappa shape index (κ1) is 23.1. The van der Waals surface area contributed by atoms with Crippen LogP contribution in [0, 0.1) is 23.4 Å². The van der Waals surface area contributed by atoms with Crippen molar-refractivity contribution in [2.45, 2.75) is 24.3 Å². The standard InChI is InChI=1S/C23H21F3N2O4S/c24-17-3-6-20(7-4-17)33(30,31)27-11-9-16(10-12-27)23(29)28(15-19-2-1-13-32-19)22-8-5-18(25)14-21(22)26/h1-8,13-14,16H,9-12,15H2. The first-order valence-corrected chi connectivity index (χ1v) is 11.7. The Bertz CT molecular complexity index is 1220. The van der Waals surface area contributed by atoms with Gasteiger partial charge in [-0.15, -0.1) is 0 Å². The molecule has 1 fully saturated rings. The molecule has 1 aromatic heterocycles. The van der Waals surface area contributed by atoms with Gasteiger partial charge in [0.2, 0.25) is 15.9 Å². The molecular weight excluding hydrogens is 457 g/mol. The number of hydrogen-bond acceptors (Lipinski definition) is 4. The number of rotatable bonds is 6.